The van der Waals surface area contributed by atoms with E-state index in [1.54, 1.807) is 0 Å². The molecule has 0 atom stereocenters. The van der Waals surface area contributed by atoms with Crippen LogP contribution in [0.4, 0.5) is 5.69 Å². The Labute approximate surface area is 142 Å². The van der Waals surface area contributed by atoms with E-state index in [1.165, 1.54) is 0 Å². The van der Waals surface area contributed by atoms with Crippen LogP contribution in [0, 0.1) is 0 Å². The van der Waals surface area contributed by atoms with Gasteiger partial charge in [-0.2, -0.15) is 0 Å². The Morgan fingerprint density at radius 2 is 2.00 bits per heavy atom. The van der Waals surface area contributed by atoms with Crippen LogP contribution in [-0.2, 0) is 16.0 Å². The van der Waals surface area contributed by atoms with E-state index < -0.39 is 0 Å². The molecule has 0 aromatic heterocycles. The summed E-state index contributed by atoms with van der Waals surface area (Å²) in [5.74, 6) is 1.16. The lowest BCUT2D eigenvalue weighted by molar-refractivity contribution is -0.131. The lowest BCUT2D eigenvalue weighted by atomic mass is 10.0. The van der Waals surface area contributed by atoms with Crippen molar-refractivity contribution in [3.8, 4) is 5.75 Å². The summed E-state index contributed by atoms with van der Waals surface area (Å²) in [6.45, 7) is 4.04. The number of rotatable bonds is 6. The fourth-order valence-corrected chi connectivity index (χ4v) is 3.09. The SMILES string of the molecule is O=C1CCc2cc(OCCCCC(=O)N3CCNCC3)ccc2N1. The van der Waals surface area contributed by atoms with Gasteiger partial charge < -0.3 is 20.3 Å². The van der Waals surface area contributed by atoms with Crippen molar-refractivity contribution >= 4 is 17.5 Å². The molecule has 6 heteroatoms. The third kappa shape index (κ3) is 4.47. The minimum atomic E-state index is 0.0744. The molecule has 0 radical (unpaired) electrons. The minimum absolute atomic E-state index is 0.0744. The van der Waals surface area contributed by atoms with Crippen LogP contribution in [0.25, 0.3) is 0 Å². The van der Waals surface area contributed by atoms with Gasteiger partial charge in [0.1, 0.15) is 5.75 Å². The van der Waals surface area contributed by atoms with Crippen molar-refractivity contribution in [1.82, 2.24) is 10.2 Å². The summed E-state index contributed by atoms with van der Waals surface area (Å²) in [4.78, 5) is 25.3. The number of amides is 2. The predicted octanol–water partition coefficient (Wildman–Crippen LogP) is 1.55. The number of piperazine rings is 1. The largest absolute Gasteiger partial charge is 0.494 e. The van der Waals surface area contributed by atoms with Gasteiger partial charge in [-0.1, -0.05) is 0 Å². The molecule has 3 rings (SSSR count). The van der Waals surface area contributed by atoms with Crippen LogP contribution in [0.2, 0.25) is 0 Å². The van der Waals surface area contributed by atoms with Crippen molar-refractivity contribution in [3.05, 3.63) is 23.8 Å². The van der Waals surface area contributed by atoms with Crippen LogP contribution < -0.4 is 15.4 Å². The van der Waals surface area contributed by atoms with Crippen molar-refractivity contribution in [2.75, 3.05) is 38.1 Å². The monoisotopic (exact) mass is 331 g/mol. The van der Waals surface area contributed by atoms with Gasteiger partial charge in [0.15, 0.2) is 0 Å². The topological polar surface area (TPSA) is 70.7 Å². The predicted molar refractivity (Wildman–Crippen MR) is 92.2 cm³/mol. The highest BCUT2D eigenvalue weighted by Crippen LogP contribution is 2.26. The summed E-state index contributed by atoms with van der Waals surface area (Å²) in [6.07, 6.45) is 3.61. The van der Waals surface area contributed by atoms with Gasteiger partial charge >= 0.3 is 0 Å². The van der Waals surface area contributed by atoms with E-state index in [4.69, 9.17) is 4.74 Å². The molecular weight excluding hydrogens is 306 g/mol. The van der Waals surface area contributed by atoms with Crippen LogP contribution in [0.5, 0.6) is 5.75 Å². The number of nitrogens with one attached hydrogen (secondary N) is 2. The number of hydrogen-bond acceptors (Lipinski definition) is 4. The second-order valence-electron chi connectivity index (χ2n) is 6.30. The Hall–Kier alpha value is -2.08. The van der Waals surface area contributed by atoms with Gasteiger partial charge in [0.25, 0.3) is 0 Å². The summed E-state index contributed by atoms with van der Waals surface area (Å²) in [5, 5.41) is 6.12. The maximum Gasteiger partial charge on any atom is 0.224 e. The molecule has 0 saturated carbocycles. The number of ether oxygens (including phenoxy) is 1. The van der Waals surface area contributed by atoms with Gasteiger partial charge in [-0.15, -0.1) is 0 Å². The quantitative estimate of drug-likeness (QED) is 0.776. The fourth-order valence-electron chi connectivity index (χ4n) is 3.09. The molecule has 24 heavy (non-hydrogen) atoms. The first kappa shape index (κ1) is 16.8. The Kier molecular flexibility index (Phi) is 5.69. The number of carbonyl (C=O) groups excluding carboxylic acids is 2. The van der Waals surface area contributed by atoms with Crippen molar-refractivity contribution < 1.29 is 14.3 Å². The first-order valence-electron chi connectivity index (χ1n) is 8.76. The zero-order valence-electron chi connectivity index (χ0n) is 14.0. The highest BCUT2D eigenvalue weighted by Gasteiger charge is 2.16. The standard InChI is InChI=1S/C18H25N3O3/c22-17-7-4-14-13-15(5-6-16(14)20-17)24-12-2-1-3-18(23)21-10-8-19-9-11-21/h5-6,13,19H,1-4,7-12H2,(H,20,22). The molecular formula is C18H25N3O3. The van der Waals surface area contributed by atoms with Crippen LogP contribution in [0.3, 0.4) is 0 Å². The number of aryl methyl sites for hydroxylation is 1. The number of carbonyl (C=O) groups is 2. The second kappa shape index (κ2) is 8.15. The molecule has 2 aliphatic heterocycles. The van der Waals surface area contributed by atoms with E-state index in [1.807, 2.05) is 23.1 Å². The first-order valence-corrected chi connectivity index (χ1v) is 8.76. The number of nitrogens with zero attached hydrogens (tertiary/aromatic N) is 1. The van der Waals surface area contributed by atoms with Gasteiger partial charge in [-0.25, -0.2) is 0 Å². The minimum Gasteiger partial charge on any atom is -0.494 e. The van der Waals surface area contributed by atoms with E-state index >= 15 is 0 Å². The molecule has 1 aromatic rings. The van der Waals surface area contributed by atoms with Crippen LogP contribution in [0.15, 0.2) is 18.2 Å². The highest BCUT2D eigenvalue weighted by molar-refractivity contribution is 5.94. The zero-order valence-corrected chi connectivity index (χ0v) is 14.0. The normalized spacial score (nSPS) is 17.2. The van der Waals surface area contributed by atoms with Gasteiger partial charge in [-0.05, 0) is 43.0 Å². The van der Waals surface area contributed by atoms with Crippen LogP contribution in [0.1, 0.15) is 31.2 Å². The number of hydrogen-bond donors (Lipinski definition) is 2. The Morgan fingerprint density at radius 3 is 2.83 bits per heavy atom. The number of fused-ring (bicyclic) bond motifs is 1. The lowest BCUT2D eigenvalue weighted by Gasteiger charge is -2.27. The van der Waals surface area contributed by atoms with Gasteiger partial charge in [0.2, 0.25) is 11.8 Å². The first-order chi connectivity index (χ1) is 11.7. The van der Waals surface area contributed by atoms with E-state index in [9.17, 15) is 9.59 Å². The summed E-state index contributed by atoms with van der Waals surface area (Å²) < 4.78 is 5.78. The van der Waals surface area contributed by atoms with Crippen LogP contribution >= 0.6 is 0 Å². The smallest absolute Gasteiger partial charge is 0.224 e. The number of benzene rings is 1. The summed E-state index contributed by atoms with van der Waals surface area (Å²) in [6, 6.07) is 5.78. The molecule has 2 heterocycles. The molecule has 0 aliphatic carbocycles. The summed E-state index contributed by atoms with van der Waals surface area (Å²) in [7, 11) is 0. The Bertz CT molecular complexity index is 597. The molecule has 0 bridgehead atoms. The maximum atomic E-state index is 12.0. The fraction of sp³-hybridized carbons (Fsp3) is 0.556. The highest BCUT2D eigenvalue weighted by atomic mass is 16.5. The van der Waals surface area contributed by atoms with E-state index in [0.29, 0.717) is 19.4 Å². The molecule has 0 unspecified atom stereocenters. The molecule has 1 aromatic carbocycles. The molecule has 6 nitrogen and oxygen atoms in total. The van der Waals surface area contributed by atoms with Gasteiger partial charge in [-0.3, -0.25) is 9.59 Å². The molecule has 2 aliphatic rings. The molecule has 1 fully saturated rings. The second-order valence-corrected chi connectivity index (χ2v) is 6.30. The molecule has 2 amide bonds. The van der Waals surface area contributed by atoms with Gasteiger partial charge in [0, 0.05) is 44.7 Å². The Balaban J connectivity index is 1.36. The Morgan fingerprint density at radius 1 is 1.17 bits per heavy atom. The van der Waals surface area contributed by atoms with Crippen LogP contribution in [-0.4, -0.2) is 49.5 Å². The van der Waals surface area contributed by atoms with Crippen molar-refractivity contribution in [3.63, 3.8) is 0 Å². The number of unbranched alkanes of at least 4 members (excludes halogenated alkanes) is 1. The summed E-state index contributed by atoms with van der Waals surface area (Å²) >= 11 is 0. The zero-order chi connectivity index (χ0) is 16.8. The molecule has 0 spiro atoms. The van der Waals surface area contributed by atoms with Crippen molar-refractivity contribution in [2.45, 2.75) is 32.1 Å². The van der Waals surface area contributed by atoms with Gasteiger partial charge in [0.05, 0.1) is 6.61 Å². The summed E-state index contributed by atoms with van der Waals surface area (Å²) in [5.41, 5.74) is 2.02. The van der Waals surface area contributed by atoms with E-state index in [-0.39, 0.29) is 11.8 Å². The molecule has 130 valence electrons. The van der Waals surface area contributed by atoms with Crippen molar-refractivity contribution in [1.29, 1.82) is 0 Å². The average Bonchev–Trinajstić information content (AvgIpc) is 2.62. The lowest BCUT2D eigenvalue weighted by Crippen LogP contribution is -2.46. The van der Waals surface area contributed by atoms with E-state index in [2.05, 4.69) is 10.6 Å². The van der Waals surface area contributed by atoms with Crippen molar-refractivity contribution in [2.24, 2.45) is 0 Å². The molecule has 2 N–H and O–H groups in total. The number of anilines is 1. The molecule has 1 saturated heterocycles. The average molecular weight is 331 g/mol. The third-order valence-corrected chi connectivity index (χ3v) is 4.50. The third-order valence-electron chi connectivity index (χ3n) is 4.50. The van der Waals surface area contributed by atoms with E-state index in [0.717, 1.165) is 62.4 Å². The maximum absolute atomic E-state index is 12.0.